The summed E-state index contributed by atoms with van der Waals surface area (Å²) in [5.74, 6) is 0. The van der Waals surface area contributed by atoms with Crippen LogP contribution in [-0.4, -0.2) is 9.55 Å². The molecule has 1 aromatic heterocycles. The fourth-order valence-corrected chi connectivity index (χ4v) is 1.75. The zero-order valence-corrected chi connectivity index (χ0v) is 10.7. The maximum absolute atomic E-state index is 4.02. The fraction of sp³-hybridized carbons (Fsp3) is 0.100. The summed E-state index contributed by atoms with van der Waals surface area (Å²) in [6.45, 7) is 0. The first-order valence-corrected chi connectivity index (χ1v) is 5.16. The Hall–Kier alpha value is -0.610. The number of benzene rings is 1. The number of halogens is 2. The first-order chi connectivity index (χ1) is 6.42. The number of rotatable bonds is 2. The minimum atomic E-state index is 0. The average Bonchev–Trinajstić information content (AvgIpc) is 2.70. The van der Waals surface area contributed by atoms with Crippen molar-refractivity contribution in [3.05, 3.63) is 48.5 Å². The molecule has 0 saturated carbocycles. The molecule has 2 rings (SSSR count). The minimum Gasteiger partial charge on any atom is -0.306 e. The lowest BCUT2D eigenvalue weighted by Gasteiger charge is -2.06. The van der Waals surface area contributed by atoms with Crippen LogP contribution in [0.15, 0.2) is 43.0 Å². The number of nitrogens with zero attached hydrogens (tertiary/aromatic N) is 2. The van der Waals surface area contributed by atoms with Crippen molar-refractivity contribution in [1.29, 1.82) is 0 Å². The first-order valence-electron chi connectivity index (χ1n) is 4.04. The predicted octanol–water partition coefficient (Wildman–Crippen LogP) is 3.35. The molecule has 0 atom stereocenters. The van der Waals surface area contributed by atoms with E-state index in [2.05, 4.69) is 33.0 Å². The van der Waals surface area contributed by atoms with Crippen LogP contribution in [0.1, 0.15) is 5.56 Å². The molecule has 0 saturated heterocycles. The molecule has 14 heavy (non-hydrogen) atoms. The van der Waals surface area contributed by atoms with E-state index in [0.29, 0.717) is 0 Å². The molecule has 0 spiro atoms. The van der Waals surface area contributed by atoms with E-state index in [1.165, 1.54) is 11.3 Å². The van der Waals surface area contributed by atoms with E-state index in [1.807, 2.05) is 29.2 Å². The lowest BCUT2D eigenvalue weighted by atomic mass is 10.2. The number of para-hydroxylation sites is 1. The van der Waals surface area contributed by atoms with Crippen molar-refractivity contribution < 1.29 is 0 Å². The maximum Gasteiger partial charge on any atom is 0.0991 e. The highest BCUT2D eigenvalue weighted by Crippen LogP contribution is 2.16. The fourth-order valence-electron chi connectivity index (χ4n) is 1.28. The van der Waals surface area contributed by atoms with Crippen LogP contribution >= 0.6 is 32.9 Å². The van der Waals surface area contributed by atoms with Gasteiger partial charge < -0.3 is 4.57 Å². The minimum absolute atomic E-state index is 0. The highest BCUT2D eigenvalue weighted by Gasteiger charge is 2.00. The van der Waals surface area contributed by atoms with Crippen molar-refractivity contribution in [3.63, 3.8) is 0 Å². The Morgan fingerprint density at radius 2 is 2.07 bits per heavy atom. The normalized spacial score (nSPS) is 9.50. The standard InChI is InChI=1S/C10H9BrN2.BrH/c11-7-9-3-1-2-4-10(9)13-6-5-12-8-13;/h1-6,8H,7H2;1H. The molecule has 1 heterocycles. The van der Waals surface area contributed by atoms with E-state index in [1.54, 1.807) is 6.20 Å². The van der Waals surface area contributed by atoms with E-state index < -0.39 is 0 Å². The van der Waals surface area contributed by atoms with Gasteiger partial charge in [0.25, 0.3) is 0 Å². The van der Waals surface area contributed by atoms with E-state index in [-0.39, 0.29) is 17.0 Å². The van der Waals surface area contributed by atoms with E-state index >= 15 is 0 Å². The van der Waals surface area contributed by atoms with Crippen LogP contribution in [-0.2, 0) is 5.33 Å². The Labute approximate surface area is 102 Å². The van der Waals surface area contributed by atoms with Gasteiger partial charge in [-0.25, -0.2) is 4.98 Å². The summed E-state index contributed by atoms with van der Waals surface area (Å²) in [6, 6.07) is 8.25. The van der Waals surface area contributed by atoms with Crippen LogP contribution in [0.25, 0.3) is 5.69 Å². The zero-order valence-electron chi connectivity index (χ0n) is 7.43. The smallest absolute Gasteiger partial charge is 0.0991 e. The second-order valence-electron chi connectivity index (χ2n) is 2.73. The molecular formula is C10H10Br2N2. The molecule has 0 aliphatic rings. The van der Waals surface area contributed by atoms with Crippen molar-refractivity contribution >= 4 is 32.9 Å². The monoisotopic (exact) mass is 316 g/mol. The van der Waals surface area contributed by atoms with Crippen molar-refractivity contribution in [2.45, 2.75) is 5.33 Å². The number of hydrogen-bond donors (Lipinski definition) is 0. The third-order valence-electron chi connectivity index (χ3n) is 1.92. The van der Waals surface area contributed by atoms with Gasteiger partial charge in [-0.05, 0) is 11.6 Å². The molecule has 0 radical (unpaired) electrons. The third-order valence-corrected chi connectivity index (χ3v) is 2.52. The molecule has 0 fully saturated rings. The molecule has 0 aliphatic heterocycles. The van der Waals surface area contributed by atoms with Gasteiger partial charge in [-0.3, -0.25) is 0 Å². The largest absolute Gasteiger partial charge is 0.306 e. The summed E-state index contributed by atoms with van der Waals surface area (Å²) < 4.78 is 2.01. The summed E-state index contributed by atoms with van der Waals surface area (Å²) in [5.41, 5.74) is 2.44. The van der Waals surface area contributed by atoms with Crippen molar-refractivity contribution in [1.82, 2.24) is 9.55 Å². The van der Waals surface area contributed by atoms with E-state index in [9.17, 15) is 0 Å². The molecule has 0 amide bonds. The Morgan fingerprint density at radius 1 is 1.29 bits per heavy atom. The third kappa shape index (κ3) is 2.25. The van der Waals surface area contributed by atoms with E-state index in [0.717, 1.165) is 5.33 Å². The van der Waals surface area contributed by atoms with Crippen LogP contribution in [0.2, 0.25) is 0 Å². The molecule has 2 nitrogen and oxygen atoms in total. The average molecular weight is 318 g/mol. The number of alkyl halides is 1. The topological polar surface area (TPSA) is 17.8 Å². The van der Waals surface area contributed by atoms with Gasteiger partial charge in [0.05, 0.1) is 12.0 Å². The molecule has 74 valence electrons. The summed E-state index contributed by atoms with van der Waals surface area (Å²) in [7, 11) is 0. The van der Waals surface area contributed by atoms with Crippen LogP contribution < -0.4 is 0 Å². The van der Waals surface area contributed by atoms with Gasteiger partial charge in [-0.1, -0.05) is 34.1 Å². The molecule has 0 bridgehead atoms. The summed E-state index contributed by atoms with van der Waals surface area (Å²) >= 11 is 3.46. The van der Waals surface area contributed by atoms with Gasteiger partial charge in [-0.2, -0.15) is 0 Å². The van der Waals surface area contributed by atoms with Gasteiger partial charge in [0.15, 0.2) is 0 Å². The molecule has 0 N–H and O–H groups in total. The zero-order chi connectivity index (χ0) is 9.10. The van der Waals surface area contributed by atoms with E-state index in [4.69, 9.17) is 0 Å². The number of hydrogen-bond acceptors (Lipinski definition) is 1. The van der Waals surface area contributed by atoms with Crippen molar-refractivity contribution in [3.8, 4) is 5.69 Å². The van der Waals surface area contributed by atoms with Gasteiger partial charge in [0, 0.05) is 17.7 Å². The summed E-state index contributed by atoms with van der Waals surface area (Å²) in [6.07, 6.45) is 5.54. The second kappa shape index (κ2) is 5.32. The maximum atomic E-state index is 4.02. The number of imidazole rings is 1. The molecule has 0 unspecified atom stereocenters. The SMILES string of the molecule is Br.BrCc1ccccc1-n1ccnc1. The molecular weight excluding hydrogens is 308 g/mol. The quantitative estimate of drug-likeness (QED) is 0.777. The Kier molecular flexibility index (Phi) is 4.35. The van der Waals surface area contributed by atoms with Gasteiger partial charge in [0.1, 0.15) is 0 Å². The van der Waals surface area contributed by atoms with Crippen LogP contribution in [0.3, 0.4) is 0 Å². The molecule has 2 aromatic rings. The van der Waals surface area contributed by atoms with Gasteiger partial charge >= 0.3 is 0 Å². The van der Waals surface area contributed by atoms with Gasteiger partial charge in [0.2, 0.25) is 0 Å². The van der Waals surface area contributed by atoms with Crippen molar-refractivity contribution in [2.75, 3.05) is 0 Å². The Balaban J connectivity index is 0.000000980. The van der Waals surface area contributed by atoms with Crippen LogP contribution in [0, 0.1) is 0 Å². The Morgan fingerprint density at radius 3 is 2.71 bits per heavy atom. The van der Waals surface area contributed by atoms with Gasteiger partial charge in [-0.15, -0.1) is 17.0 Å². The molecule has 1 aromatic carbocycles. The summed E-state index contributed by atoms with van der Waals surface area (Å²) in [4.78, 5) is 4.02. The van der Waals surface area contributed by atoms with Crippen molar-refractivity contribution in [2.24, 2.45) is 0 Å². The lowest BCUT2D eigenvalue weighted by molar-refractivity contribution is 1.04. The molecule has 0 aliphatic carbocycles. The van der Waals surface area contributed by atoms with Crippen LogP contribution in [0.5, 0.6) is 0 Å². The number of aromatic nitrogens is 2. The highest BCUT2D eigenvalue weighted by atomic mass is 79.9. The first kappa shape index (κ1) is 11.5. The Bertz CT molecular complexity index is 385. The highest BCUT2D eigenvalue weighted by molar-refractivity contribution is 9.08. The lowest BCUT2D eigenvalue weighted by Crippen LogP contribution is -1.94. The second-order valence-corrected chi connectivity index (χ2v) is 3.29. The predicted molar refractivity (Wildman–Crippen MR) is 66.5 cm³/mol. The van der Waals surface area contributed by atoms with Crippen LogP contribution in [0.4, 0.5) is 0 Å². The summed E-state index contributed by atoms with van der Waals surface area (Å²) in [5, 5.41) is 0.862. The molecule has 4 heteroatoms.